The SMILES string of the molecule is C[C@H]1Cc2ccccc2N1C(=O)COC(=O)[C@H](Cc1ccccc1)NC(=O)c1cccs1. The molecular weight excluding hydrogens is 424 g/mol. The Balaban J connectivity index is 1.43. The first kappa shape index (κ1) is 21.8. The molecule has 32 heavy (non-hydrogen) atoms. The van der Waals surface area contributed by atoms with Crippen LogP contribution in [-0.2, 0) is 27.2 Å². The van der Waals surface area contributed by atoms with Crippen molar-refractivity contribution in [1.29, 1.82) is 0 Å². The van der Waals surface area contributed by atoms with E-state index in [4.69, 9.17) is 4.74 Å². The first-order valence-corrected chi connectivity index (χ1v) is 11.4. The number of nitrogens with zero attached hydrogens (tertiary/aromatic N) is 1. The fourth-order valence-corrected chi connectivity index (χ4v) is 4.56. The van der Waals surface area contributed by atoms with E-state index in [1.165, 1.54) is 11.3 Å². The van der Waals surface area contributed by atoms with Crippen LogP contribution in [0.2, 0.25) is 0 Å². The molecule has 1 aliphatic rings. The zero-order valence-electron chi connectivity index (χ0n) is 17.7. The molecule has 0 radical (unpaired) electrons. The van der Waals surface area contributed by atoms with Crippen molar-refractivity contribution in [2.75, 3.05) is 11.5 Å². The van der Waals surface area contributed by atoms with Crippen LogP contribution in [0.3, 0.4) is 0 Å². The van der Waals surface area contributed by atoms with Crippen molar-refractivity contribution in [3.63, 3.8) is 0 Å². The predicted octanol–water partition coefficient (Wildman–Crippen LogP) is 3.61. The molecular formula is C25H24N2O4S. The van der Waals surface area contributed by atoms with E-state index < -0.39 is 12.0 Å². The monoisotopic (exact) mass is 448 g/mol. The molecule has 6 nitrogen and oxygen atoms in total. The number of ether oxygens (including phenoxy) is 1. The number of esters is 1. The van der Waals surface area contributed by atoms with E-state index in [1.54, 1.807) is 22.4 Å². The second kappa shape index (κ2) is 9.78. The minimum atomic E-state index is -0.900. The van der Waals surface area contributed by atoms with Crippen LogP contribution in [0, 0.1) is 0 Å². The number of thiophene rings is 1. The van der Waals surface area contributed by atoms with Crippen LogP contribution < -0.4 is 10.2 Å². The van der Waals surface area contributed by atoms with Crippen LogP contribution in [0.4, 0.5) is 5.69 Å². The van der Waals surface area contributed by atoms with Gasteiger partial charge >= 0.3 is 5.97 Å². The van der Waals surface area contributed by atoms with Gasteiger partial charge in [-0.25, -0.2) is 4.79 Å². The van der Waals surface area contributed by atoms with Crippen molar-refractivity contribution in [2.24, 2.45) is 0 Å². The lowest BCUT2D eigenvalue weighted by atomic mass is 10.1. The highest BCUT2D eigenvalue weighted by Gasteiger charge is 2.32. The second-order valence-corrected chi connectivity index (χ2v) is 8.69. The maximum absolute atomic E-state index is 12.9. The first-order chi connectivity index (χ1) is 15.5. The van der Waals surface area contributed by atoms with Gasteiger partial charge in [-0.3, -0.25) is 9.59 Å². The molecule has 1 aromatic heterocycles. The third-order valence-corrected chi connectivity index (χ3v) is 6.30. The molecule has 2 heterocycles. The van der Waals surface area contributed by atoms with Crippen LogP contribution in [0.25, 0.3) is 0 Å². The zero-order chi connectivity index (χ0) is 22.5. The fourth-order valence-electron chi connectivity index (χ4n) is 3.93. The lowest BCUT2D eigenvalue weighted by Gasteiger charge is -2.23. The normalized spacial score (nSPS) is 15.7. The Bertz CT molecular complexity index is 1100. The number of rotatable bonds is 7. The zero-order valence-corrected chi connectivity index (χ0v) is 18.5. The topological polar surface area (TPSA) is 75.7 Å². The third kappa shape index (κ3) is 4.89. The molecule has 3 aromatic rings. The van der Waals surface area contributed by atoms with Crippen LogP contribution >= 0.6 is 11.3 Å². The quantitative estimate of drug-likeness (QED) is 0.561. The minimum Gasteiger partial charge on any atom is -0.454 e. The third-order valence-electron chi connectivity index (χ3n) is 5.43. The molecule has 164 valence electrons. The van der Waals surface area contributed by atoms with Gasteiger partial charge in [0.05, 0.1) is 4.88 Å². The molecule has 0 unspecified atom stereocenters. The number of carbonyl (C=O) groups is 3. The largest absolute Gasteiger partial charge is 0.454 e. The van der Waals surface area contributed by atoms with Crippen LogP contribution in [0.15, 0.2) is 72.1 Å². The molecule has 0 spiro atoms. The predicted molar refractivity (Wildman–Crippen MR) is 124 cm³/mol. The highest BCUT2D eigenvalue weighted by molar-refractivity contribution is 7.12. The summed E-state index contributed by atoms with van der Waals surface area (Å²) in [7, 11) is 0. The lowest BCUT2D eigenvalue weighted by molar-refractivity contribution is -0.149. The molecule has 2 aromatic carbocycles. The Kier molecular flexibility index (Phi) is 6.66. The van der Waals surface area contributed by atoms with Gasteiger partial charge < -0.3 is 15.0 Å². The number of hydrogen-bond donors (Lipinski definition) is 1. The van der Waals surface area contributed by atoms with Crippen molar-refractivity contribution >= 4 is 34.8 Å². The fraction of sp³-hybridized carbons (Fsp3) is 0.240. The van der Waals surface area contributed by atoms with Crippen molar-refractivity contribution < 1.29 is 19.1 Å². The summed E-state index contributed by atoms with van der Waals surface area (Å²) in [5.74, 6) is -1.25. The standard InChI is InChI=1S/C25H24N2O4S/c1-17-14-19-10-5-6-11-21(19)27(17)23(28)16-31-25(30)20(15-18-8-3-2-4-9-18)26-24(29)22-12-7-13-32-22/h2-13,17,20H,14-16H2,1H3,(H,26,29)/t17-,20-/m0/s1. The average molecular weight is 449 g/mol. The molecule has 0 aliphatic carbocycles. The Morgan fingerprint density at radius 1 is 1.06 bits per heavy atom. The van der Waals surface area contributed by atoms with E-state index in [0.29, 0.717) is 4.88 Å². The highest BCUT2D eigenvalue weighted by Crippen LogP contribution is 2.31. The summed E-state index contributed by atoms with van der Waals surface area (Å²) in [6.45, 7) is 1.59. The molecule has 2 amide bonds. The molecule has 0 bridgehead atoms. The van der Waals surface area contributed by atoms with E-state index in [1.807, 2.05) is 61.5 Å². The summed E-state index contributed by atoms with van der Waals surface area (Å²) in [5.41, 5.74) is 2.84. The van der Waals surface area contributed by atoms with E-state index in [-0.39, 0.29) is 30.9 Å². The number of anilines is 1. The molecule has 1 N–H and O–H groups in total. The van der Waals surface area contributed by atoms with E-state index in [9.17, 15) is 14.4 Å². The molecule has 0 saturated heterocycles. The lowest BCUT2D eigenvalue weighted by Crippen LogP contribution is -2.45. The van der Waals surface area contributed by atoms with Crippen molar-refractivity contribution in [1.82, 2.24) is 5.32 Å². The Morgan fingerprint density at radius 2 is 1.81 bits per heavy atom. The number of hydrogen-bond acceptors (Lipinski definition) is 5. The average Bonchev–Trinajstić information content (AvgIpc) is 3.45. The molecule has 2 atom stereocenters. The van der Waals surface area contributed by atoms with Gasteiger partial charge in [-0.05, 0) is 42.0 Å². The molecule has 0 saturated carbocycles. The van der Waals surface area contributed by atoms with Gasteiger partial charge in [-0.1, -0.05) is 54.6 Å². The van der Waals surface area contributed by atoms with Gasteiger partial charge in [-0.15, -0.1) is 11.3 Å². The van der Waals surface area contributed by atoms with Gasteiger partial charge in [0.15, 0.2) is 6.61 Å². The number of carbonyl (C=O) groups excluding carboxylic acids is 3. The number of fused-ring (bicyclic) bond motifs is 1. The van der Waals surface area contributed by atoms with Gasteiger partial charge in [0.25, 0.3) is 11.8 Å². The summed E-state index contributed by atoms with van der Waals surface area (Å²) in [4.78, 5) is 40.5. The maximum atomic E-state index is 12.9. The summed E-state index contributed by atoms with van der Waals surface area (Å²) in [6, 6.07) is 19.7. The Labute approximate surface area is 190 Å². The Morgan fingerprint density at radius 3 is 2.56 bits per heavy atom. The molecule has 7 heteroatoms. The summed E-state index contributed by atoms with van der Waals surface area (Å²) in [5, 5.41) is 4.56. The van der Waals surface area contributed by atoms with Gasteiger partial charge in [0.1, 0.15) is 6.04 Å². The van der Waals surface area contributed by atoms with Gasteiger partial charge in [-0.2, -0.15) is 0 Å². The highest BCUT2D eigenvalue weighted by atomic mass is 32.1. The number of benzene rings is 2. The van der Waals surface area contributed by atoms with Crippen molar-refractivity contribution in [3.8, 4) is 0 Å². The van der Waals surface area contributed by atoms with E-state index in [2.05, 4.69) is 5.32 Å². The van der Waals surface area contributed by atoms with Crippen LogP contribution in [0.5, 0.6) is 0 Å². The van der Waals surface area contributed by atoms with E-state index >= 15 is 0 Å². The summed E-state index contributed by atoms with van der Waals surface area (Å²) >= 11 is 1.29. The molecule has 4 rings (SSSR count). The number of amides is 2. The van der Waals surface area contributed by atoms with E-state index in [0.717, 1.165) is 23.2 Å². The number of para-hydroxylation sites is 1. The minimum absolute atomic E-state index is 0.00255. The first-order valence-electron chi connectivity index (χ1n) is 10.5. The number of nitrogens with one attached hydrogen (secondary N) is 1. The second-order valence-electron chi connectivity index (χ2n) is 7.75. The smallest absolute Gasteiger partial charge is 0.329 e. The van der Waals surface area contributed by atoms with Gasteiger partial charge in [0, 0.05) is 18.2 Å². The molecule has 1 aliphatic heterocycles. The van der Waals surface area contributed by atoms with Crippen LogP contribution in [0.1, 0.15) is 27.7 Å². The summed E-state index contributed by atoms with van der Waals surface area (Å²) in [6.07, 6.45) is 1.04. The summed E-state index contributed by atoms with van der Waals surface area (Å²) < 4.78 is 5.39. The Hall–Kier alpha value is -3.45. The van der Waals surface area contributed by atoms with Crippen molar-refractivity contribution in [3.05, 3.63) is 88.1 Å². The van der Waals surface area contributed by atoms with Crippen molar-refractivity contribution in [2.45, 2.75) is 31.8 Å². The van der Waals surface area contributed by atoms with Crippen LogP contribution in [-0.4, -0.2) is 36.5 Å². The maximum Gasteiger partial charge on any atom is 0.329 e. The molecule has 0 fully saturated rings. The van der Waals surface area contributed by atoms with Gasteiger partial charge in [0.2, 0.25) is 0 Å².